The number of ether oxygens (including phenoxy) is 1. The molecule has 0 fully saturated rings. The number of rotatable bonds is 4. The van der Waals surface area contributed by atoms with Gasteiger partial charge in [-0.3, -0.25) is 4.79 Å². The SMILES string of the molecule is COc1ccccc1C(=O)/C=C/c1c(F)cccc1Cl. The van der Waals surface area contributed by atoms with Crippen LogP contribution in [0.1, 0.15) is 15.9 Å². The van der Waals surface area contributed by atoms with Gasteiger partial charge in [-0.25, -0.2) is 4.39 Å². The van der Waals surface area contributed by atoms with Crippen LogP contribution in [0.3, 0.4) is 0 Å². The molecule has 0 saturated carbocycles. The average Bonchev–Trinajstić information content (AvgIpc) is 2.46. The Kier molecular flexibility index (Phi) is 4.53. The number of benzene rings is 2. The quantitative estimate of drug-likeness (QED) is 0.617. The Morgan fingerprint density at radius 1 is 1.20 bits per heavy atom. The van der Waals surface area contributed by atoms with Crippen molar-refractivity contribution in [2.24, 2.45) is 0 Å². The zero-order chi connectivity index (χ0) is 14.5. The molecule has 20 heavy (non-hydrogen) atoms. The Balaban J connectivity index is 2.30. The monoisotopic (exact) mass is 290 g/mol. The van der Waals surface area contributed by atoms with Crippen molar-refractivity contribution in [3.63, 3.8) is 0 Å². The summed E-state index contributed by atoms with van der Waals surface area (Å²) in [5, 5.41) is 0.258. The van der Waals surface area contributed by atoms with Crippen molar-refractivity contribution >= 4 is 23.5 Å². The lowest BCUT2D eigenvalue weighted by molar-refractivity contribution is 0.104. The molecular weight excluding hydrogens is 279 g/mol. The van der Waals surface area contributed by atoms with E-state index in [4.69, 9.17) is 16.3 Å². The molecule has 4 heteroatoms. The summed E-state index contributed by atoms with van der Waals surface area (Å²) >= 11 is 5.89. The van der Waals surface area contributed by atoms with Crippen LogP contribution >= 0.6 is 11.6 Å². The fraction of sp³-hybridized carbons (Fsp3) is 0.0625. The number of carbonyl (C=O) groups is 1. The molecule has 0 heterocycles. The van der Waals surface area contributed by atoms with Gasteiger partial charge in [0, 0.05) is 5.56 Å². The second-order valence-corrected chi connectivity index (χ2v) is 4.44. The lowest BCUT2D eigenvalue weighted by atomic mass is 10.1. The number of carbonyl (C=O) groups excluding carboxylic acids is 1. The van der Waals surface area contributed by atoms with Crippen LogP contribution in [0, 0.1) is 5.82 Å². The van der Waals surface area contributed by atoms with Gasteiger partial charge in [0.15, 0.2) is 5.78 Å². The second kappa shape index (κ2) is 6.35. The fourth-order valence-corrected chi connectivity index (χ4v) is 1.99. The summed E-state index contributed by atoms with van der Waals surface area (Å²) in [4.78, 5) is 12.1. The summed E-state index contributed by atoms with van der Waals surface area (Å²) in [6, 6.07) is 11.2. The Hall–Kier alpha value is -2.13. The highest BCUT2D eigenvalue weighted by atomic mass is 35.5. The molecule has 2 aromatic rings. The minimum Gasteiger partial charge on any atom is -0.496 e. The lowest BCUT2D eigenvalue weighted by Crippen LogP contribution is -1.98. The maximum atomic E-state index is 13.6. The van der Waals surface area contributed by atoms with Gasteiger partial charge < -0.3 is 4.74 Å². The third kappa shape index (κ3) is 3.06. The van der Waals surface area contributed by atoms with E-state index in [9.17, 15) is 9.18 Å². The van der Waals surface area contributed by atoms with Crippen molar-refractivity contribution in [1.29, 1.82) is 0 Å². The van der Waals surface area contributed by atoms with Crippen LogP contribution in [0.25, 0.3) is 6.08 Å². The van der Waals surface area contributed by atoms with E-state index in [1.807, 2.05) is 0 Å². The van der Waals surface area contributed by atoms with Gasteiger partial charge in [0.1, 0.15) is 11.6 Å². The highest BCUT2D eigenvalue weighted by Gasteiger charge is 2.09. The van der Waals surface area contributed by atoms with Gasteiger partial charge in [-0.05, 0) is 36.4 Å². The molecule has 0 aromatic heterocycles. The largest absolute Gasteiger partial charge is 0.496 e. The zero-order valence-corrected chi connectivity index (χ0v) is 11.5. The van der Waals surface area contributed by atoms with E-state index in [1.165, 1.54) is 31.4 Å². The number of allylic oxidation sites excluding steroid dienone is 1. The van der Waals surface area contributed by atoms with Crippen molar-refractivity contribution in [3.8, 4) is 5.75 Å². The maximum absolute atomic E-state index is 13.6. The van der Waals surface area contributed by atoms with Crippen LogP contribution < -0.4 is 4.74 Å². The van der Waals surface area contributed by atoms with Gasteiger partial charge in [-0.1, -0.05) is 29.8 Å². The molecule has 2 rings (SSSR count). The standard InChI is InChI=1S/C16H12ClFO2/c1-20-16-8-3-2-5-12(16)15(19)10-9-11-13(17)6-4-7-14(11)18/h2-10H,1H3/b10-9+. The van der Waals surface area contributed by atoms with Gasteiger partial charge in [-0.15, -0.1) is 0 Å². The number of para-hydroxylation sites is 1. The van der Waals surface area contributed by atoms with Crippen LogP contribution in [0.15, 0.2) is 48.5 Å². The Morgan fingerprint density at radius 3 is 2.65 bits per heavy atom. The van der Waals surface area contributed by atoms with Crippen LogP contribution in [0.2, 0.25) is 5.02 Å². The summed E-state index contributed by atoms with van der Waals surface area (Å²) in [6.45, 7) is 0. The average molecular weight is 291 g/mol. The summed E-state index contributed by atoms with van der Waals surface area (Å²) < 4.78 is 18.7. The summed E-state index contributed by atoms with van der Waals surface area (Å²) in [7, 11) is 1.49. The number of ketones is 1. The van der Waals surface area contributed by atoms with E-state index < -0.39 is 5.82 Å². The topological polar surface area (TPSA) is 26.3 Å². The molecule has 0 unspecified atom stereocenters. The molecule has 0 aliphatic heterocycles. The smallest absolute Gasteiger partial charge is 0.189 e. The Labute approximate surface area is 121 Å². The first-order chi connectivity index (χ1) is 9.63. The molecule has 0 N–H and O–H groups in total. The van der Waals surface area contributed by atoms with Crippen molar-refractivity contribution in [3.05, 3.63) is 70.5 Å². The minimum atomic E-state index is -0.471. The van der Waals surface area contributed by atoms with Crippen LogP contribution in [0.4, 0.5) is 4.39 Å². The molecule has 0 atom stereocenters. The van der Waals surface area contributed by atoms with Crippen LogP contribution in [-0.4, -0.2) is 12.9 Å². The summed E-state index contributed by atoms with van der Waals surface area (Å²) in [5.41, 5.74) is 0.608. The van der Waals surface area contributed by atoms with Gasteiger partial charge in [0.2, 0.25) is 0 Å². The number of halogens is 2. The van der Waals surface area contributed by atoms with E-state index in [0.29, 0.717) is 11.3 Å². The van der Waals surface area contributed by atoms with E-state index in [-0.39, 0.29) is 16.4 Å². The van der Waals surface area contributed by atoms with E-state index >= 15 is 0 Å². The third-order valence-electron chi connectivity index (χ3n) is 2.77. The first kappa shape index (κ1) is 14.3. The number of hydrogen-bond donors (Lipinski definition) is 0. The molecule has 0 bridgehead atoms. The van der Waals surface area contributed by atoms with Crippen LogP contribution in [-0.2, 0) is 0 Å². The summed E-state index contributed by atoms with van der Waals surface area (Å²) in [6.07, 6.45) is 2.65. The molecule has 0 aliphatic carbocycles. The molecule has 0 saturated heterocycles. The van der Waals surface area contributed by atoms with E-state index in [0.717, 1.165) is 0 Å². The predicted molar refractivity (Wildman–Crippen MR) is 77.8 cm³/mol. The number of hydrogen-bond acceptors (Lipinski definition) is 2. The van der Waals surface area contributed by atoms with Gasteiger partial charge >= 0.3 is 0 Å². The van der Waals surface area contributed by atoms with Gasteiger partial charge in [0.25, 0.3) is 0 Å². The molecule has 0 amide bonds. The molecule has 102 valence electrons. The Morgan fingerprint density at radius 2 is 1.95 bits per heavy atom. The van der Waals surface area contributed by atoms with Crippen molar-refractivity contribution in [1.82, 2.24) is 0 Å². The van der Waals surface area contributed by atoms with Gasteiger partial charge in [-0.2, -0.15) is 0 Å². The lowest BCUT2D eigenvalue weighted by Gasteiger charge is -2.04. The molecule has 0 radical (unpaired) electrons. The first-order valence-electron chi connectivity index (χ1n) is 5.93. The summed E-state index contributed by atoms with van der Waals surface area (Å²) in [5.74, 6) is -0.273. The van der Waals surface area contributed by atoms with E-state index in [2.05, 4.69) is 0 Å². The van der Waals surface area contributed by atoms with Crippen molar-refractivity contribution in [2.75, 3.05) is 7.11 Å². The highest BCUT2D eigenvalue weighted by molar-refractivity contribution is 6.32. The molecule has 2 aromatic carbocycles. The van der Waals surface area contributed by atoms with Crippen molar-refractivity contribution < 1.29 is 13.9 Å². The molecule has 2 nitrogen and oxygen atoms in total. The van der Waals surface area contributed by atoms with E-state index in [1.54, 1.807) is 30.3 Å². The molecular formula is C16H12ClFO2. The predicted octanol–water partition coefficient (Wildman–Crippen LogP) is 4.38. The number of methoxy groups -OCH3 is 1. The van der Waals surface area contributed by atoms with Crippen molar-refractivity contribution in [2.45, 2.75) is 0 Å². The highest BCUT2D eigenvalue weighted by Crippen LogP contribution is 2.22. The van der Waals surface area contributed by atoms with Crippen LogP contribution in [0.5, 0.6) is 5.75 Å². The molecule has 0 aliphatic rings. The first-order valence-corrected chi connectivity index (χ1v) is 6.30. The van der Waals surface area contributed by atoms with Gasteiger partial charge in [0.05, 0.1) is 17.7 Å². The second-order valence-electron chi connectivity index (χ2n) is 4.03. The third-order valence-corrected chi connectivity index (χ3v) is 3.10. The fourth-order valence-electron chi connectivity index (χ4n) is 1.77. The normalized spacial score (nSPS) is 10.8. The maximum Gasteiger partial charge on any atom is 0.189 e. The minimum absolute atomic E-state index is 0.192. The Bertz CT molecular complexity index is 645. The molecule has 0 spiro atoms. The zero-order valence-electron chi connectivity index (χ0n) is 10.8.